The van der Waals surface area contributed by atoms with E-state index in [1.807, 2.05) is 4.90 Å². The molecule has 1 aromatic heterocycles. The van der Waals surface area contributed by atoms with Gasteiger partial charge >= 0.3 is 0 Å². The zero-order valence-corrected chi connectivity index (χ0v) is 12.7. The van der Waals surface area contributed by atoms with Gasteiger partial charge in [-0.05, 0) is 30.7 Å². The predicted octanol–water partition coefficient (Wildman–Crippen LogP) is 1.91. The van der Waals surface area contributed by atoms with E-state index >= 15 is 0 Å². The third-order valence-electron chi connectivity index (χ3n) is 3.76. The minimum Gasteiger partial charge on any atom is -0.345 e. The Balaban J connectivity index is 1.67. The van der Waals surface area contributed by atoms with Crippen molar-refractivity contribution in [2.75, 3.05) is 24.5 Å². The van der Waals surface area contributed by atoms with Gasteiger partial charge in [-0.25, -0.2) is 18.7 Å². The van der Waals surface area contributed by atoms with Gasteiger partial charge in [0.25, 0.3) is 0 Å². The molecule has 7 heteroatoms. The molecule has 120 valence electrons. The number of halogens is 2. The van der Waals surface area contributed by atoms with Gasteiger partial charge < -0.3 is 9.80 Å². The lowest BCUT2D eigenvalue weighted by molar-refractivity contribution is -0.131. The van der Waals surface area contributed by atoms with Crippen LogP contribution < -0.4 is 4.90 Å². The number of carbonyl (C=O) groups excluding carboxylic acids is 1. The van der Waals surface area contributed by atoms with E-state index in [4.69, 9.17) is 0 Å². The molecule has 0 unspecified atom stereocenters. The maximum absolute atomic E-state index is 13.3. The Hall–Kier alpha value is -2.57. The third kappa shape index (κ3) is 3.44. The number of hydrogen-bond acceptors (Lipinski definition) is 4. The monoisotopic (exact) mass is 318 g/mol. The zero-order valence-electron chi connectivity index (χ0n) is 12.7. The summed E-state index contributed by atoms with van der Waals surface area (Å²) in [5, 5.41) is 0. The van der Waals surface area contributed by atoms with Gasteiger partial charge in [0.1, 0.15) is 11.6 Å². The Bertz CT molecular complexity index is 738. The van der Waals surface area contributed by atoms with Crippen LogP contribution >= 0.6 is 0 Å². The summed E-state index contributed by atoms with van der Waals surface area (Å²) in [5.41, 5.74) is 0.573. The fourth-order valence-corrected chi connectivity index (χ4v) is 2.55. The molecule has 1 aliphatic rings. The highest BCUT2D eigenvalue weighted by molar-refractivity contribution is 5.82. The van der Waals surface area contributed by atoms with Crippen LogP contribution in [0.2, 0.25) is 0 Å². The molecule has 2 aromatic rings. The number of rotatable bonds is 3. The second kappa shape index (κ2) is 6.28. The molecule has 0 aliphatic carbocycles. The van der Waals surface area contributed by atoms with E-state index in [1.165, 1.54) is 6.07 Å². The molecular formula is C16H16F2N4O. The lowest BCUT2D eigenvalue weighted by Gasteiger charge is -2.35. The predicted molar refractivity (Wildman–Crippen MR) is 80.8 cm³/mol. The van der Waals surface area contributed by atoms with Crippen LogP contribution in [0, 0.1) is 18.6 Å². The van der Waals surface area contributed by atoms with Crippen LogP contribution in [0.4, 0.5) is 14.6 Å². The van der Waals surface area contributed by atoms with Gasteiger partial charge in [-0.15, -0.1) is 0 Å². The Morgan fingerprint density at radius 3 is 2.70 bits per heavy atom. The quantitative estimate of drug-likeness (QED) is 0.867. The summed E-state index contributed by atoms with van der Waals surface area (Å²) in [4.78, 5) is 24.2. The highest BCUT2D eigenvalue weighted by atomic mass is 19.2. The molecule has 1 aliphatic heterocycles. The first-order chi connectivity index (χ1) is 11.0. The van der Waals surface area contributed by atoms with E-state index in [0.717, 1.165) is 18.0 Å². The first kappa shape index (κ1) is 15.3. The molecule has 0 bridgehead atoms. The highest BCUT2D eigenvalue weighted by Crippen LogP contribution is 2.16. The van der Waals surface area contributed by atoms with Crippen molar-refractivity contribution in [2.24, 2.45) is 0 Å². The number of benzene rings is 1. The molecule has 0 saturated carbocycles. The first-order valence-corrected chi connectivity index (χ1v) is 7.29. The number of hydrogen-bond donors (Lipinski definition) is 0. The average Bonchev–Trinajstić information content (AvgIpc) is 2.53. The second-order valence-corrected chi connectivity index (χ2v) is 5.45. The van der Waals surface area contributed by atoms with Crippen molar-refractivity contribution in [3.63, 3.8) is 0 Å². The normalized spacial score (nSPS) is 15.2. The maximum Gasteiger partial charge on any atom is 0.242 e. The fraction of sp³-hybridized carbons (Fsp3) is 0.312. The topological polar surface area (TPSA) is 49.3 Å². The van der Waals surface area contributed by atoms with E-state index in [1.54, 1.807) is 24.1 Å². The lowest BCUT2D eigenvalue weighted by Crippen LogP contribution is -2.50. The summed E-state index contributed by atoms with van der Waals surface area (Å²) in [5.74, 6) is -0.483. The zero-order chi connectivity index (χ0) is 16.4. The van der Waals surface area contributed by atoms with Crippen molar-refractivity contribution in [2.45, 2.75) is 13.5 Å². The molecule has 1 saturated heterocycles. The molecule has 0 spiro atoms. The standard InChI is InChI=1S/C16H16F2N4O/c1-11-19-5-4-15(20-11)21-6-7-22(16(23)10-21)9-12-2-3-13(17)14(18)8-12/h2-5,8H,6-7,9-10H2,1H3. The van der Waals surface area contributed by atoms with Crippen LogP contribution in [-0.2, 0) is 11.3 Å². The molecule has 1 fully saturated rings. The molecule has 23 heavy (non-hydrogen) atoms. The van der Waals surface area contributed by atoms with Crippen LogP contribution in [-0.4, -0.2) is 40.4 Å². The summed E-state index contributed by atoms with van der Waals surface area (Å²) < 4.78 is 26.2. The van der Waals surface area contributed by atoms with Crippen LogP contribution in [0.3, 0.4) is 0 Å². The maximum atomic E-state index is 13.3. The molecule has 2 heterocycles. The summed E-state index contributed by atoms with van der Waals surface area (Å²) in [6.07, 6.45) is 1.66. The summed E-state index contributed by atoms with van der Waals surface area (Å²) in [6, 6.07) is 5.47. The lowest BCUT2D eigenvalue weighted by atomic mass is 10.2. The fourth-order valence-electron chi connectivity index (χ4n) is 2.55. The Morgan fingerprint density at radius 2 is 2.00 bits per heavy atom. The van der Waals surface area contributed by atoms with Crippen molar-refractivity contribution in [3.8, 4) is 0 Å². The second-order valence-electron chi connectivity index (χ2n) is 5.45. The molecule has 3 rings (SSSR count). The molecule has 0 N–H and O–H groups in total. The number of amides is 1. The van der Waals surface area contributed by atoms with Crippen molar-refractivity contribution in [3.05, 3.63) is 53.5 Å². The average molecular weight is 318 g/mol. The van der Waals surface area contributed by atoms with Crippen molar-refractivity contribution in [1.82, 2.24) is 14.9 Å². The van der Waals surface area contributed by atoms with Crippen molar-refractivity contribution < 1.29 is 13.6 Å². The Labute approximate surface area is 132 Å². The molecular weight excluding hydrogens is 302 g/mol. The van der Waals surface area contributed by atoms with Crippen LogP contribution in [0.5, 0.6) is 0 Å². The summed E-state index contributed by atoms with van der Waals surface area (Å²) in [7, 11) is 0. The summed E-state index contributed by atoms with van der Waals surface area (Å²) in [6.45, 7) is 3.41. The third-order valence-corrected chi connectivity index (χ3v) is 3.76. The number of carbonyl (C=O) groups is 1. The largest absolute Gasteiger partial charge is 0.345 e. The van der Waals surface area contributed by atoms with Crippen LogP contribution in [0.15, 0.2) is 30.5 Å². The Kier molecular flexibility index (Phi) is 4.18. The van der Waals surface area contributed by atoms with Crippen LogP contribution in [0.1, 0.15) is 11.4 Å². The highest BCUT2D eigenvalue weighted by Gasteiger charge is 2.25. The molecule has 5 nitrogen and oxygen atoms in total. The van der Waals surface area contributed by atoms with Gasteiger partial charge in [0, 0.05) is 25.8 Å². The van der Waals surface area contributed by atoms with E-state index in [9.17, 15) is 13.6 Å². The smallest absolute Gasteiger partial charge is 0.242 e. The first-order valence-electron chi connectivity index (χ1n) is 7.29. The minimum atomic E-state index is -0.898. The molecule has 1 amide bonds. The van der Waals surface area contributed by atoms with Crippen molar-refractivity contribution in [1.29, 1.82) is 0 Å². The van der Waals surface area contributed by atoms with Gasteiger partial charge in [-0.1, -0.05) is 6.07 Å². The molecule has 1 aromatic carbocycles. The van der Waals surface area contributed by atoms with Gasteiger partial charge in [0.05, 0.1) is 6.54 Å². The number of anilines is 1. The van der Waals surface area contributed by atoms with E-state index in [-0.39, 0.29) is 19.0 Å². The van der Waals surface area contributed by atoms with Gasteiger partial charge in [0.2, 0.25) is 5.91 Å². The number of aryl methyl sites for hydroxylation is 1. The minimum absolute atomic E-state index is 0.0720. The van der Waals surface area contributed by atoms with Crippen LogP contribution in [0.25, 0.3) is 0 Å². The van der Waals surface area contributed by atoms with E-state index in [0.29, 0.717) is 24.5 Å². The number of nitrogens with zero attached hydrogens (tertiary/aromatic N) is 4. The molecule has 0 atom stereocenters. The number of aromatic nitrogens is 2. The Morgan fingerprint density at radius 1 is 1.17 bits per heavy atom. The van der Waals surface area contributed by atoms with Gasteiger partial charge in [0.15, 0.2) is 11.6 Å². The van der Waals surface area contributed by atoms with Gasteiger partial charge in [-0.2, -0.15) is 0 Å². The summed E-state index contributed by atoms with van der Waals surface area (Å²) >= 11 is 0. The molecule has 0 radical (unpaired) electrons. The van der Waals surface area contributed by atoms with E-state index in [2.05, 4.69) is 9.97 Å². The van der Waals surface area contributed by atoms with Crippen molar-refractivity contribution >= 4 is 11.7 Å². The number of piperazine rings is 1. The SMILES string of the molecule is Cc1nccc(N2CCN(Cc3ccc(F)c(F)c3)C(=O)C2)n1. The van der Waals surface area contributed by atoms with Gasteiger partial charge in [-0.3, -0.25) is 4.79 Å². The van der Waals surface area contributed by atoms with E-state index < -0.39 is 11.6 Å².